The first-order valence-electron chi connectivity index (χ1n) is 10.5. The molecule has 1 aliphatic rings. The molecule has 30 heavy (non-hydrogen) atoms. The van der Waals surface area contributed by atoms with Gasteiger partial charge in [-0.25, -0.2) is 4.68 Å². The minimum absolute atomic E-state index is 0.121. The molecule has 3 aromatic rings. The Morgan fingerprint density at radius 2 is 1.77 bits per heavy atom. The lowest BCUT2D eigenvalue weighted by Gasteiger charge is -2.31. The number of hydrogen-bond acceptors (Lipinski definition) is 4. The lowest BCUT2D eigenvalue weighted by Crippen LogP contribution is -2.40. The Morgan fingerprint density at radius 3 is 2.50 bits per heavy atom. The van der Waals surface area contributed by atoms with Crippen molar-refractivity contribution in [3.05, 3.63) is 83.1 Å². The van der Waals surface area contributed by atoms with Crippen LogP contribution in [0.15, 0.2) is 66.9 Å². The van der Waals surface area contributed by atoms with Gasteiger partial charge in [0, 0.05) is 42.3 Å². The molecule has 1 fully saturated rings. The summed E-state index contributed by atoms with van der Waals surface area (Å²) < 4.78 is 1.97. The summed E-state index contributed by atoms with van der Waals surface area (Å²) in [6, 6.07) is 19.5. The van der Waals surface area contributed by atoms with E-state index >= 15 is 0 Å². The molecule has 0 spiro atoms. The number of carbonyl (C=O) groups is 1. The van der Waals surface area contributed by atoms with Gasteiger partial charge in [-0.2, -0.15) is 5.10 Å². The van der Waals surface area contributed by atoms with Crippen LogP contribution >= 0.6 is 11.6 Å². The summed E-state index contributed by atoms with van der Waals surface area (Å²) in [5.41, 5.74) is 3.00. The summed E-state index contributed by atoms with van der Waals surface area (Å²) in [5, 5.41) is 8.63. The van der Waals surface area contributed by atoms with Crippen LogP contribution in [0.4, 0.5) is 0 Å². The Bertz CT molecular complexity index is 947. The maximum atomic E-state index is 12.7. The van der Waals surface area contributed by atoms with Crippen molar-refractivity contribution in [1.29, 1.82) is 0 Å². The molecule has 4 rings (SSSR count). The van der Waals surface area contributed by atoms with E-state index in [0.717, 1.165) is 62.5 Å². The maximum Gasteiger partial charge on any atom is 0.166 e. The van der Waals surface area contributed by atoms with Gasteiger partial charge in [0.15, 0.2) is 5.78 Å². The zero-order valence-electron chi connectivity index (χ0n) is 17.0. The van der Waals surface area contributed by atoms with E-state index in [-0.39, 0.29) is 11.7 Å². The molecule has 0 amide bonds. The number of para-hydroxylation sites is 1. The van der Waals surface area contributed by atoms with E-state index in [9.17, 15) is 4.79 Å². The van der Waals surface area contributed by atoms with Gasteiger partial charge in [-0.05, 0) is 68.4 Å². The van der Waals surface area contributed by atoms with E-state index in [0.29, 0.717) is 5.02 Å². The number of piperidine rings is 1. The summed E-state index contributed by atoms with van der Waals surface area (Å²) in [4.78, 5) is 15.1. The fourth-order valence-electron chi connectivity index (χ4n) is 3.99. The molecule has 5 nitrogen and oxygen atoms in total. The molecular weight excluding hydrogens is 396 g/mol. The van der Waals surface area contributed by atoms with Crippen LogP contribution in [0.25, 0.3) is 5.69 Å². The van der Waals surface area contributed by atoms with Gasteiger partial charge in [0.05, 0.1) is 11.4 Å². The number of halogens is 1. The van der Waals surface area contributed by atoms with Crippen LogP contribution in [0.2, 0.25) is 5.02 Å². The second-order valence-corrected chi connectivity index (χ2v) is 8.17. The highest BCUT2D eigenvalue weighted by molar-refractivity contribution is 6.30. The van der Waals surface area contributed by atoms with E-state index in [4.69, 9.17) is 11.6 Å². The molecule has 1 N–H and O–H groups in total. The third-order valence-corrected chi connectivity index (χ3v) is 5.97. The summed E-state index contributed by atoms with van der Waals surface area (Å²) in [7, 11) is 0. The van der Waals surface area contributed by atoms with E-state index in [1.807, 2.05) is 47.3 Å². The SMILES string of the molecule is O=C(c1ccc(Cl)cc1)C1CCN(CCNCc2ccnn2-c2ccccc2)CC1. The van der Waals surface area contributed by atoms with Crippen LogP contribution in [0.3, 0.4) is 0 Å². The molecule has 2 heterocycles. The van der Waals surface area contributed by atoms with Gasteiger partial charge in [0.25, 0.3) is 0 Å². The van der Waals surface area contributed by atoms with Crippen molar-refractivity contribution in [2.75, 3.05) is 26.2 Å². The molecule has 0 atom stereocenters. The first-order chi connectivity index (χ1) is 14.7. The number of nitrogens with one attached hydrogen (secondary N) is 1. The van der Waals surface area contributed by atoms with Gasteiger partial charge in [0.1, 0.15) is 0 Å². The van der Waals surface area contributed by atoms with Crippen LogP contribution in [0.1, 0.15) is 28.9 Å². The van der Waals surface area contributed by atoms with Gasteiger partial charge in [-0.3, -0.25) is 4.79 Å². The molecule has 0 bridgehead atoms. The molecule has 1 saturated heterocycles. The van der Waals surface area contributed by atoms with Crippen LogP contribution in [0.5, 0.6) is 0 Å². The van der Waals surface area contributed by atoms with Crippen LogP contribution in [-0.2, 0) is 6.54 Å². The second kappa shape index (κ2) is 10.0. The minimum atomic E-state index is 0.121. The number of likely N-dealkylation sites (tertiary alicyclic amines) is 1. The van der Waals surface area contributed by atoms with Crippen molar-refractivity contribution >= 4 is 17.4 Å². The van der Waals surface area contributed by atoms with Crippen LogP contribution in [0, 0.1) is 5.92 Å². The molecule has 156 valence electrons. The smallest absolute Gasteiger partial charge is 0.166 e. The third-order valence-electron chi connectivity index (χ3n) is 5.72. The monoisotopic (exact) mass is 422 g/mol. The lowest BCUT2D eigenvalue weighted by atomic mass is 9.89. The summed E-state index contributed by atoms with van der Waals surface area (Å²) in [5.74, 6) is 0.370. The zero-order chi connectivity index (χ0) is 20.8. The van der Waals surface area contributed by atoms with E-state index < -0.39 is 0 Å². The predicted molar refractivity (Wildman–Crippen MR) is 120 cm³/mol. The van der Waals surface area contributed by atoms with Crippen LogP contribution in [-0.4, -0.2) is 46.6 Å². The average molecular weight is 423 g/mol. The van der Waals surface area contributed by atoms with Gasteiger partial charge in [-0.15, -0.1) is 0 Å². The van der Waals surface area contributed by atoms with Crippen molar-refractivity contribution in [3.8, 4) is 5.69 Å². The van der Waals surface area contributed by atoms with Crippen molar-refractivity contribution < 1.29 is 4.79 Å². The van der Waals surface area contributed by atoms with E-state index in [2.05, 4.69) is 27.4 Å². The van der Waals surface area contributed by atoms with Gasteiger partial charge in [0.2, 0.25) is 0 Å². The van der Waals surface area contributed by atoms with Crippen molar-refractivity contribution in [3.63, 3.8) is 0 Å². The number of nitrogens with zero attached hydrogens (tertiary/aromatic N) is 3. The summed E-state index contributed by atoms with van der Waals surface area (Å²) in [6.45, 7) is 4.61. The van der Waals surface area contributed by atoms with Crippen molar-refractivity contribution in [1.82, 2.24) is 20.0 Å². The van der Waals surface area contributed by atoms with E-state index in [1.165, 1.54) is 0 Å². The Morgan fingerprint density at radius 1 is 1.03 bits per heavy atom. The maximum absolute atomic E-state index is 12.7. The third kappa shape index (κ3) is 5.17. The standard InChI is InChI=1S/C24H27ClN4O/c25-21-8-6-19(7-9-21)24(30)20-11-15-28(16-12-20)17-14-26-18-23-10-13-27-29(23)22-4-2-1-3-5-22/h1-10,13,20,26H,11-12,14-18H2. The quantitative estimate of drug-likeness (QED) is 0.436. The summed E-state index contributed by atoms with van der Waals surface area (Å²) in [6.07, 6.45) is 3.68. The highest BCUT2D eigenvalue weighted by Crippen LogP contribution is 2.22. The minimum Gasteiger partial charge on any atom is -0.310 e. The Balaban J connectivity index is 1.19. The molecular formula is C24H27ClN4O. The van der Waals surface area contributed by atoms with Crippen LogP contribution < -0.4 is 5.32 Å². The molecule has 0 aliphatic carbocycles. The normalized spacial score (nSPS) is 15.4. The average Bonchev–Trinajstić information content (AvgIpc) is 3.26. The fraction of sp³-hybridized carbons (Fsp3) is 0.333. The molecule has 1 aliphatic heterocycles. The summed E-state index contributed by atoms with van der Waals surface area (Å²) >= 11 is 5.93. The Kier molecular flexibility index (Phi) is 6.95. The topological polar surface area (TPSA) is 50.2 Å². The Hall–Kier alpha value is -2.47. The zero-order valence-corrected chi connectivity index (χ0v) is 17.8. The number of benzene rings is 2. The molecule has 0 radical (unpaired) electrons. The molecule has 0 unspecified atom stereocenters. The van der Waals surface area contributed by atoms with Gasteiger partial charge < -0.3 is 10.2 Å². The number of aromatic nitrogens is 2. The van der Waals surface area contributed by atoms with Crippen molar-refractivity contribution in [2.45, 2.75) is 19.4 Å². The van der Waals surface area contributed by atoms with Gasteiger partial charge in [-0.1, -0.05) is 29.8 Å². The number of Topliss-reactive ketones (excluding diaryl/α,β-unsaturated/α-hetero) is 1. The largest absolute Gasteiger partial charge is 0.310 e. The highest BCUT2D eigenvalue weighted by atomic mass is 35.5. The molecule has 2 aromatic carbocycles. The first kappa shape index (κ1) is 20.8. The second-order valence-electron chi connectivity index (χ2n) is 7.73. The molecule has 6 heteroatoms. The first-order valence-corrected chi connectivity index (χ1v) is 10.9. The predicted octanol–water partition coefficient (Wildman–Crippen LogP) is 4.21. The fourth-order valence-corrected chi connectivity index (χ4v) is 4.11. The molecule has 1 aromatic heterocycles. The number of rotatable bonds is 8. The number of carbonyl (C=O) groups excluding carboxylic acids is 1. The Labute approximate surface area is 182 Å². The lowest BCUT2D eigenvalue weighted by molar-refractivity contribution is 0.0841. The number of ketones is 1. The van der Waals surface area contributed by atoms with Crippen molar-refractivity contribution in [2.24, 2.45) is 5.92 Å². The van der Waals surface area contributed by atoms with Gasteiger partial charge >= 0.3 is 0 Å². The highest BCUT2D eigenvalue weighted by Gasteiger charge is 2.25. The number of hydrogen-bond donors (Lipinski definition) is 1. The van der Waals surface area contributed by atoms with E-state index in [1.54, 1.807) is 12.1 Å². The molecule has 0 saturated carbocycles.